The Bertz CT molecular complexity index is 257. The average Bonchev–Trinajstić information content (AvgIpc) is 2.32. The molecule has 3 heteroatoms. The van der Waals surface area contributed by atoms with Gasteiger partial charge in [-0.1, -0.05) is 19.8 Å². The second kappa shape index (κ2) is 5.85. The molecule has 0 saturated heterocycles. The van der Waals surface area contributed by atoms with E-state index < -0.39 is 5.92 Å². The van der Waals surface area contributed by atoms with Crippen molar-refractivity contribution in [1.82, 2.24) is 5.32 Å². The molecule has 0 spiro atoms. The molecule has 0 aliphatic heterocycles. The number of alkyl halides is 2. The maximum atomic E-state index is 13.2. The molecule has 3 unspecified atom stereocenters. The molecule has 0 heterocycles. The van der Waals surface area contributed by atoms with Crippen LogP contribution < -0.4 is 5.32 Å². The van der Waals surface area contributed by atoms with Crippen LogP contribution in [0.1, 0.15) is 58.3 Å². The van der Waals surface area contributed by atoms with Gasteiger partial charge < -0.3 is 5.32 Å². The molecule has 0 aromatic carbocycles. The Kier molecular flexibility index (Phi) is 4.63. The maximum Gasteiger partial charge on any atom is 0.248 e. The number of nitrogens with one attached hydrogen (secondary N) is 1. The van der Waals surface area contributed by atoms with Crippen LogP contribution in [0.3, 0.4) is 0 Å². The van der Waals surface area contributed by atoms with E-state index in [1.807, 2.05) is 7.05 Å². The topological polar surface area (TPSA) is 12.0 Å². The molecule has 2 aliphatic carbocycles. The predicted molar refractivity (Wildman–Crippen MR) is 70.9 cm³/mol. The minimum Gasteiger partial charge on any atom is -0.316 e. The molecule has 18 heavy (non-hydrogen) atoms. The lowest BCUT2D eigenvalue weighted by Gasteiger charge is -2.40. The van der Waals surface area contributed by atoms with Crippen LogP contribution in [0.4, 0.5) is 8.78 Å². The molecule has 0 aromatic heterocycles. The van der Waals surface area contributed by atoms with Gasteiger partial charge in [0.1, 0.15) is 0 Å². The molecule has 0 amide bonds. The first-order chi connectivity index (χ1) is 8.52. The zero-order valence-corrected chi connectivity index (χ0v) is 11.7. The van der Waals surface area contributed by atoms with Gasteiger partial charge in [-0.15, -0.1) is 0 Å². The van der Waals surface area contributed by atoms with E-state index >= 15 is 0 Å². The van der Waals surface area contributed by atoms with E-state index in [1.54, 1.807) is 0 Å². The van der Waals surface area contributed by atoms with Gasteiger partial charge in [0, 0.05) is 18.9 Å². The Morgan fingerprint density at radius 1 is 1.06 bits per heavy atom. The molecule has 2 saturated carbocycles. The fourth-order valence-electron chi connectivity index (χ4n) is 4.09. The highest BCUT2D eigenvalue weighted by molar-refractivity contribution is 4.89. The Labute approximate surface area is 110 Å². The first-order valence-electron chi connectivity index (χ1n) is 7.57. The van der Waals surface area contributed by atoms with Crippen molar-refractivity contribution in [1.29, 1.82) is 0 Å². The van der Waals surface area contributed by atoms with Gasteiger partial charge in [-0.2, -0.15) is 0 Å². The molecule has 1 nitrogen and oxygen atoms in total. The largest absolute Gasteiger partial charge is 0.316 e. The highest BCUT2D eigenvalue weighted by atomic mass is 19.3. The van der Waals surface area contributed by atoms with Crippen LogP contribution in [0.2, 0.25) is 0 Å². The standard InChI is InChI=1S/C15H27F2N/c1-11-4-3-5-13(10-11)14(18-2)12-6-8-15(16,17)9-7-12/h11-14,18H,3-10H2,1-2H3. The molecular formula is C15H27F2N. The van der Waals surface area contributed by atoms with Crippen LogP contribution in [0, 0.1) is 17.8 Å². The van der Waals surface area contributed by atoms with Gasteiger partial charge in [0.15, 0.2) is 0 Å². The van der Waals surface area contributed by atoms with Gasteiger partial charge in [-0.25, -0.2) is 8.78 Å². The lowest BCUT2D eigenvalue weighted by molar-refractivity contribution is -0.0529. The summed E-state index contributed by atoms with van der Waals surface area (Å²) in [5.41, 5.74) is 0. The van der Waals surface area contributed by atoms with Crippen molar-refractivity contribution in [3.8, 4) is 0 Å². The number of hydrogen-bond acceptors (Lipinski definition) is 1. The minimum absolute atomic E-state index is 0.0954. The zero-order chi connectivity index (χ0) is 13.2. The zero-order valence-electron chi connectivity index (χ0n) is 11.7. The summed E-state index contributed by atoms with van der Waals surface area (Å²) < 4.78 is 26.5. The van der Waals surface area contributed by atoms with Crippen LogP contribution in [-0.4, -0.2) is 19.0 Å². The molecule has 1 N–H and O–H groups in total. The van der Waals surface area contributed by atoms with Crippen LogP contribution in [0.25, 0.3) is 0 Å². The quantitative estimate of drug-likeness (QED) is 0.800. The fourth-order valence-corrected chi connectivity index (χ4v) is 4.09. The Hall–Kier alpha value is -0.180. The van der Waals surface area contributed by atoms with Crippen molar-refractivity contribution in [3.63, 3.8) is 0 Å². The highest BCUT2D eigenvalue weighted by Gasteiger charge is 2.39. The third-order valence-corrected chi connectivity index (χ3v) is 5.09. The van der Waals surface area contributed by atoms with Gasteiger partial charge >= 0.3 is 0 Å². The highest BCUT2D eigenvalue weighted by Crippen LogP contribution is 2.41. The maximum absolute atomic E-state index is 13.2. The Morgan fingerprint density at radius 2 is 1.72 bits per heavy atom. The first kappa shape index (κ1) is 14.2. The van der Waals surface area contributed by atoms with E-state index in [0.29, 0.717) is 30.7 Å². The number of halogens is 2. The number of rotatable bonds is 3. The summed E-state index contributed by atoms with van der Waals surface area (Å²) >= 11 is 0. The first-order valence-corrected chi connectivity index (χ1v) is 7.57. The summed E-state index contributed by atoms with van der Waals surface area (Å²) in [5.74, 6) is -0.417. The summed E-state index contributed by atoms with van der Waals surface area (Å²) in [6, 6.07) is 0.462. The van der Waals surface area contributed by atoms with E-state index in [0.717, 1.165) is 5.92 Å². The molecule has 3 atom stereocenters. The van der Waals surface area contributed by atoms with Gasteiger partial charge in [-0.3, -0.25) is 0 Å². The van der Waals surface area contributed by atoms with Crippen LogP contribution >= 0.6 is 0 Å². The lowest BCUT2D eigenvalue weighted by Crippen LogP contribution is -2.44. The summed E-state index contributed by atoms with van der Waals surface area (Å²) in [4.78, 5) is 0. The van der Waals surface area contributed by atoms with E-state index in [1.165, 1.54) is 25.7 Å². The van der Waals surface area contributed by atoms with Gasteiger partial charge in [-0.05, 0) is 50.5 Å². The minimum atomic E-state index is -2.39. The van der Waals surface area contributed by atoms with Gasteiger partial charge in [0.05, 0.1) is 0 Å². The van der Waals surface area contributed by atoms with E-state index in [4.69, 9.17) is 0 Å². The smallest absolute Gasteiger partial charge is 0.248 e. The molecule has 2 fully saturated rings. The molecule has 0 aromatic rings. The van der Waals surface area contributed by atoms with Crippen LogP contribution in [0.5, 0.6) is 0 Å². The van der Waals surface area contributed by atoms with Crippen LogP contribution in [-0.2, 0) is 0 Å². The normalized spacial score (nSPS) is 35.3. The van der Waals surface area contributed by atoms with Crippen molar-refractivity contribution in [2.24, 2.45) is 17.8 Å². The monoisotopic (exact) mass is 259 g/mol. The number of hydrogen-bond donors (Lipinski definition) is 1. The van der Waals surface area contributed by atoms with Crippen molar-refractivity contribution >= 4 is 0 Å². The molecule has 2 rings (SSSR count). The van der Waals surface area contributed by atoms with E-state index in [2.05, 4.69) is 12.2 Å². The Morgan fingerprint density at radius 3 is 2.28 bits per heavy atom. The van der Waals surface area contributed by atoms with Crippen molar-refractivity contribution in [2.75, 3.05) is 7.05 Å². The SMILES string of the molecule is CNC(C1CCC(F)(F)CC1)C1CCCC(C)C1. The second-order valence-corrected chi connectivity index (χ2v) is 6.54. The van der Waals surface area contributed by atoms with Crippen LogP contribution in [0.15, 0.2) is 0 Å². The summed E-state index contributed by atoms with van der Waals surface area (Å²) in [7, 11) is 2.01. The molecular weight excluding hydrogens is 232 g/mol. The van der Waals surface area contributed by atoms with Crippen molar-refractivity contribution in [3.05, 3.63) is 0 Å². The molecule has 0 bridgehead atoms. The van der Waals surface area contributed by atoms with Gasteiger partial charge in [0.25, 0.3) is 0 Å². The summed E-state index contributed by atoms with van der Waals surface area (Å²) in [6.45, 7) is 2.33. The van der Waals surface area contributed by atoms with E-state index in [-0.39, 0.29) is 12.8 Å². The Balaban J connectivity index is 1.92. The fraction of sp³-hybridized carbons (Fsp3) is 1.00. The second-order valence-electron chi connectivity index (χ2n) is 6.54. The lowest BCUT2D eigenvalue weighted by atomic mass is 9.71. The summed E-state index contributed by atoms with van der Waals surface area (Å²) in [5, 5.41) is 3.44. The molecule has 0 radical (unpaired) electrons. The van der Waals surface area contributed by atoms with Crippen molar-refractivity contribution in [2.45, 2.75) is 70.3 Å². The predicted octanol–water partition coefficient (Wildman–Crippen LogP) is 4.23. The molecule has 106 valence electrons. The average molecular weight is 259 g/mol. The molecule has 2 aliphatic rings. The third-order valence-electron chi connectivity index (χ3n) is 5.09. The van der Waals surface area contributed by atoms with Gasteiger partial charge in [0.2, 0.25) is 5.92 Å². The van der Waals surface area contributed by atoms with E-state index in [9.17, 15) is 8.78 Å². The van der Waals surface area contributed by atoms with Crippen molar-refractivity contribution < 1.29 is 8.78 Å². The third kappa shape index (κ3) is 3.43. The summed E-state index contributed by atoms with van der Waals surface area (Å²) in [6.07, 6.45) is 6.80.